The van der Waals surface area contributed by atoms with Gasteiger partial charge in [0, 0.05) is 6.07 Å². The Hall–Kier alpha value is -2.59. The summed E-state index contributed by atoms with van der Waals surface area (Å²) < 4.78 is 5.03. The van der Waals surface area contributed by atoms with Crippen molar-refractivity contribution in [3.63, 3.8) is 0 Å². The van der Waals surface area contributed by atoms with E-state index in [1.807, 2.05) is 0 Å². The second kappa shape index (κ2) is 6.37. The number of nitro groups is 1. The molecule has 1 atom stereocenters. The lowest BCUT2D eigenvalue weighted by molar-refractivity contribution is -0.385. The Bertz CT molecular complexity index is 535. The Kier molecular flexibility index (Phi) is 4.85. The van der Waals surface area contributed by atoms with Gasteiger partial charge in [-0.3, -0.25) is 14.9 Å². The van der Waals surface area contributed by atoms with Crippen molar-refractivity contribution in [3.05, 3.63) is 33.9 Å². The van der Waals surface area contributed by atoms with E-state index in [1.165, 1.54) is 18.2 Å². The maximum Gasteiger partial charge on any atom is 0.320 e. The van der Waals surface area contributed by atoms with Gasteiger partial charge < -0.3 is 15.6 Å². The first kappa shape index (κ1) is 14.5. The van der Waals surface area contributed by atoms with Crippen molar-refractivity contribution >= 4 is 11.7 Å². The van der Waals surface area contributed by atoms with Gasteiger partial charge in [-0.05, 0) is 18.1 Å². The van der Waals surface area contributed by atoms with Crippen LogP contribution in [-0.4, -0.2) is 28.6 Å². The molecular formula is C12H12N2O5. The Morgan fingerprint density at radius 2 is 2.32 bits per heavy atom. The molecule has 1 rings (SSSR count). The fourth-order valence-electron chi connectivity index (χ4n) is 1.42. The molecule has 0 bridgehead atoms. The van der Waals surface area contributed by atoms with Gasteiger partial charge in [0.15, 0.2) is 5.75 Å². The van der Waals surface area contributed by atoms with E-state index >= 15 is 0 Å². The molecule has 0 unspecified atom stereocenters. The Morgan fingerprint density at radius 3 is 2.84 bits per heavy atom. The molecule has 0 saturated carbocycles. The van der Waals surface area contributed by atoms with Gasteiger partial charge in [-0.2, -0.15) is 0 Å². The van der Waals surface area contributed by atoms with Crippen LogP contribution in [0.3, 0.4) is 0 Å². The summed E-state index contributed by atoms with van der Waals surface area (Å²) in [6.07, 6.45) is 5.00. The van der Waals surface area contributed by atoms with Crippen LogP contribution in [0.2, 0.25) is 0 Å². The van der Waals surface area contributed by atoms with Crippen LogP contribution in [0.15, 0.2) is 18.2 Å². The number of ether oxygens (including phenoxy) is 1. The highest BCUT2D eigenvalue weighted by Crippen LogP contribution is 2.28. The van der Waals surface area contributed by atoms with Gasteiger partial charge in [0.2, 0.25) is 0 Å². The quantitative estimate of drug-likeness (QED) is 0.440. The summed E-state index contributed by atoms with van der Waals surface area (Å²) in [5.41, 5.74) is 5.53. The van der Waals surface area contributed by atoms with Crippen molar-refractivity contribution in [2.24, 2.45) is 5.73 Å². The summed E-state index contributed by atoms with van der Waals surface area (Å²) in [5, 5.41) is 19.6. The van der Waals surface area contributed by atoms with Crippen LogP contribution in [0.1, 0.15) is 5.56 Å². The smallest absolute Gasteiger partial charge is 0.320 e. The first-order valence-corrected chi connectivity index (χ1v) is 5.27. The molecule has 19 heavy (non-hydrogen) atoms. The largest absolute Gasteiger partial charge is 0.480 e. The molecule has 3 N–H and O–H groups in total. The van der Waals surface area contributed by atoms with Crippen molar-refractivity contribution in [2.45, 2.75) is 12.5 Å². The molecule has 0 aliphatic rings. The number of hydrogen-bond donors (Lipinski definition) is 2. The summed E-state index contributed by atoms with van der Waals surface area (Å²) in [6, 6.07) is 3.01. The molecule has 0 amide bonds. The van der Waals surface area contributed by atoms with E-state index in [1.54, 1.807) is 0 Å². The number of terminal acetylenes is 1. The number of nitrogens with zero attached hydrogens (tertiary/aromatic N) is 1. The number of carboxylic acid groups (broad SMARTS) is 1. The standard InChI is InChI=1S/C12H12N2O5/c1-2-5-19-11-4-3-8(6-9(13)12(15)16)7-10(11)14(17)18/h1,3-4,7,9H,5-6,13H2,(H,15,16)/t9-/m0/s1. The van der Waals surface area contributed by atoms with Crippen molar-refractivity contribution < 1.29 is 19.6 Å². The normalized spacial score (nSPS) is 11.4. The topological polar surface area (TPSA) is 116 Å². The van der Waals surface area contributed by atoms with E-state index < -0.39 is 16.9 Å². The third kappa shape index (κ3) is 3.97. The van der Waals surface area contributed by atoms with E-state index in [0.717, 1.165) is 0 Å². The number of aliphatic carboxylic acids is 1. The monoisotopic (exact) mass is 264 g/mol. The number of carboxylic acids is 1. The van der Waals surface area contributed by atoms with Gasteiger partial charge in [-0.15, -0.1) is 6.42 Å². The molecule has 1 aromatic carbocycles. The zero-order valence-electron chi connectivity index (χ0n) is 9.91. The zero-order valence-corrected chi connectivity index (χ0v) is 9.91. The van der Waals surface area contributed by atoms with Crippen LogP contribution in [0, 0.1) is 22.5 Å². The number of nitro benzene ring substituents is 1. The number of carbonyl (C=O) groups is 1. The van der Waals surface area contributed by atoms with E-state index in [9.17, 15) is 14.9 Å². The van der Waals surface area contributed by atoms with E-state index in [2.05, 4.69) is 5.92 Å². The molecule has 100 valence electrons. The molecule has 0 fully saturated rings. The number of hydrogen-bond acceptors (Lipinski definition) is 5. The molecule has 0 heterocycles. The van der Waals surface area contributed by atoms with Crippen molar-refractivity contribution in [1.82, 2.24) is 0 Å². The molecule has 0 aliphatic heterocycles. The van der Waals surface area contributed by atoms with Gasteiger partial charge in [0.1, 0.15) is 12.6 Å². The Labute approximate surface area is 109 Å². The first-order valence-electron chi connectivity index (χ1n) is 5.27. The molecule has 1 aromatic rings. The summed E-state index contributed by atoms with van der Waals surface area (Å²) in [4.78, 5) is 20.9. The lowest BCUT2D eigenvalue weighted by Crippen LogP contribution is -2.32. The molecule has 7 heteroatoms. The summed E-state index contributed by atoms with van der Waals surface area (Å²) in [5.74, 6) is 1.07. The third-order valence-electron chi connectivity index (χ3n) is 2.30. The van der Waals surface area contributed by atoms with E-state index in [0.29, 0.717) is 5.56 Å². The third-order valence-corrected chi connectivity index (χ3v) is 2.30. The maximum atomic E-state index is 10.9. The van der Waals surface area contributed by atoms with Crippen LogP contribution in [0.5, 0.6) is 5.75 Å². The van der Waals surface area contributed by atoms with E-state index in [-0.39, 0.29) is 24.5 Å². The highest BCUT2D eigenvalue weighted by Gasteiger charge is 2.18. The van der Waals surface area contributed by atoms with Crippen LogP contribution in [-0.2, 0) is 11.2 Å². The fraction of sp³-hybridized carbons (Fsp3) is 0.250. The minimum absolute atomic E-state index is 0.00834. The van der Waals surface area contributed by atoms with Crippen molar-refractivity contribution in [2.75, 3.05) is 6.61 Å². The summed E-state index contributed by atoms with van der Waals surface area (Å²) >= 11 is 0. The van der Waals surface area contributed by atoms with Crippen LogP contribution < -0.4 is 10.5 Å². The van der Waals surface area contributed by atoms with Gasteiger partial charge >= 0.3 is 11.7 Å². The van der Waals surface area contributed by atoms with Gasteiger partial charge in [-0.25, -0.2) is 0 Å². The molecule has 0 aromatic heterocycles. The minimum Gasteiger partial charge on any atom is -0.480 e. The second-order valence-electron chi connectivity index (χ2n) is 3.70. The van der Waals surface area contributed by atoms with Crippen LogP contribution in [0.4, 0.5) is 5.69 Å². The highest BCUT2D eigenvalue weighted by atomic mass is 16.6. The first-order chi connectivity index (χ1) is 8.95. The van der Waals surface area contributed by atoms with Crippen molar-refractivity contribution in [3.8, 4) is 18.1 Å². The van der Waals surface area contributed by atoms with Crippen LogP contribution >= 0.6 is 0 Å². The number of rotatable bonds is 6. The lowest BCUT2D eigenvalue weighted by Gasteiger charge is -2.08. The van der Waals surface area contributed by atoms with E-state index in [4.69, 9.17) is 22.0 Å². The average molecular weight is 264 g/mol. The van der Waals surface area contributed by atoms with Crippen LogP contribution in [0.25, 0.3) is 0 Å². The molecule has 0 saturated heterocycles. The zero-order chi connectivity index (χ0) is 14.4. The maximum absolute atomic E-state index is 10.9. The summed E-state index contributed by atoms with van der Waals surface area (Å²) in [6.45, 7) is -0.0885. The second-order valence-corrected chi connectivity index (χ2v) is 3.70. The minimum atomic E-state index is -1.17. The molecule has 0 spiro atoms. The summed E-state index contributed by atoms with van der Waals surface area (Å²) in [7, 11) is 0. The molecule has 0 radical (unpaired) electrons. The SMILES string of the molecule is C#CCOc1ccc(C[C@H](N)C(=O)O)cc1[N+](=O)[O-]. The molecule has 7 nitrogen and oxygen atoms in total. The van der Waals surface area contributed by atoms with Gasteiger partial charge in [0.05, 0.1) is 4.92 Å². The fourth-order valence-corrected chi connectivity index (χ4v) is 1.42. The van der Waals surface area contributed by atoms with Crippen molar-refractivity contribution in [1.29, 1.82) is 0 Å². The molecule has 0 aliphatic carbocycles. The average Bonchev–Trinajstić information content (AvgIpc) is 2.36. The Balaban J connectivity index is 2.99. The predicted octanol–water partition coefficient (Wildman–Crippen LogP) is 0.561. The Morgan fingerprint density at radius 1 is 1.63 bits per heavy atom. The predicted molar refractivity (Wildman–Crippen MR) is 66.7 cm³/mol. The number of benzene rings is 1. The van der Waals surface area contributed by atoms with Gasteiger partial charge in [-0.1, -0.05) is 12.0 Å². The molecular weight excluding hydrogens is 252 g/mol. The van der Waals surface area contributed by atoms with Gasteiger partial charge in [0.25, 0.3) is 0 Å². The highest BCUT2D eigenvalue weighted by molar-refractivity contribution is 5.73. The number of nitrogens with two attached hydrogens (primary N) is 1. The lowest BCUT2D eigenvalue weighted by atomic mass is 10.1.